The molecule has 1 unspecified atom stereocenters. The normalized spacial score (nSPS) is 18.2. The topological polar surface area (TPSA) is 87.7 Å². The fourth-order valence-corrected chi connectivity index (χ4v) is 1.51. The van der Waals surface area contributed by atoms with Gasteiger partial charge in [-0.1, -0.05) is 0 Å². The van der Waals surface area contributed by atoms with Crippen LogP contribution in [-0.2, 0) is 9.53 Å². The molecule has 0 radical (unpaired) electrons. The van der Waals surface area contributed by atoms with Gasteiger partial charge in [0.2, 0.25) is 0 Å². The van der Waals surface area contributed by atoms with Crippen molar-refractivity contribution in [3.8, 4) is 0 Å². The number of carboxylic acid groups (broad SMARTS) is 1. The van der Waals surface area contributed by atoms with Crippen LogP contribution >= 0.6 is 0 Å². The maximum Gasteiger partial charge on any atom is 0.314 e. The van der Waals surface area contributed by atoms with Gasteiger partial charge >= 0.3 is 12.0 Å². The number of ether oxygens (including phenoxy) is 1. The van der Waals surface area contributed by atoms with Crippen LogP contribution in [-0.4, -0.2) is 42.9 Å². The van der Waals surface area contributed by atoms with Crippen molar-refractivity contribution in [2.24, 2.45) is 5.41 Å². The number of urea groups is 1. The van der Waals surface area contributed by atoms with E-state index in [1.54, 1.807) is 0 Å². The van der Waals surface area contributed by atoms with Crippen molar-refractivity contribution in [1.82, 2.24) is 10.6 Å². The van der Waals surface area contributed by atoms with Crippen LogP contribution in [0.4, 0.5) is 4.79 Å². The number of nitrogens with one attached hydrogen (secondary N) is 2. The lowest BCUT2D eigenvalue weighted by atomic mass is 10.1. The molecule has 1 atom stereocenters. The second-order valence-corrected chi connectivity index (χ2v) is 4.42. The van der Waals surface area contributed by atoms with Gasteiger partial charge in [0.15, 0.2) is 0 Å². The van der Waals surface area contributed by atoms with Gasteiger partial charge in [0.05, 0.1) is 11.5 Å². The molecular formula is C11H20N2O4. The van der Waals surface area contributed by atoms with Crippen molar-refractivity contribution >= 4 is 12.0 Å². The van der Waals surface area contributed by atoms with Crippen LogP contribution in [0.5, 0.6) is 0 Å². The number of hydrogen-bond acceptors (Lipinski definition) is 3. The zero-order valence-corrected chi connectivity index (χ0v) is 10.3. The maximum absolute atomic E-state index is 11.4. The third-order valence-corrected chi connectivity index (χ3v) is 2.90. The Kier molecular flexibility index (Phi) is 4.74. The van der Waals surface area contributed by atoms with Crippen LogP contribution in [0, 0.1) is 5.41 Å². The Balaban J connectivity index is 2.16. The van der Waals surface area contributed by atoms with Crippen molar-refractivity contribution in [3.63, 3.8) is 0 Å². The summed E-state index contributed by atoms with van der Waals surface area (Å²) >= 11 is 0. The molecule has 0 saturated heterocycles. The van der Waals surface area contributed by atoms with Crippen molar-refractivity contribution in [2.75, 3.05) is 19.7 Å². The molecule has 1 aliphatic carbocycles. The van der Waals surface area contributed by atoms with E-state index in [-0.39, 0.29) is 18.7 Å². The molecule has 17 heavy (non-hydrogen) atoms. The van der Waals surface area contributed by atoms with E-state index >= 15 is 0 Å². The Morgan fingerprint density at radius 2 is 2.06 bits per heavy atom. The van der Waals surface area contributed by atoms with E-state index in [2.05, 4.69) is 10.6 Å². The van der Waals surface area contributed by atoms with Crippen molar-refractivity contribution in [2.45, 2.75) is 32.8 Å². The minimum absolute atomic E-state index is 0.0416. The van der Waals surface area contributed by atoms with E-state index in [4.69, 9.17) is 9.84 Å². The molecule has 0 bridgehead atoms. The fourth-order valence-electron chi connectivity index (χ4n) is 1.51. The number of aliphatic carboxylic acids is 1. The van der Waals surface area contributed by atoms with E-state index in [0.29, 0.717) is 26.0 Å². The van der Waals surface area contributed by atoms with Gasteiger partial charge in [-0.2, -0.15) is 0 Å². The number of carboxylic acids is 1. The van der Waals surface area contributed by atoms with Gasteiger partial charge in [0.1, 0.15) is 0 Å². The summed E-state index contributed by atoms with van der Waals surface area (Å²) in [6.07, 6.45) is 1.23. The lowest BCUT2D eigenvalue weighted by Crippen LogP contribution is -2.43. The molecule has 1 rings (SSSR count). The maximum atomic E-state index is 11.4. The summed E-state index contributed by atoms with van der Waals surface area (Å²) in [4.78, 5) is 22.2. The Morgan fingerprint density at radius 1 is 1.41 bits per heavy atom. The summed E-state index contributed by atoms with van der Waals surface area (Å²) in [5, 5.41) is 14.1. The lowest BCUT2D eigenvalue weighted by Gasteiger charge is -2.15. The van der Waals surface area contributed by atoms with E-state index in [1.807, 2.05) is 13.8 Å². The molecule has 1 aliphatic rings. The first-order chi connectivity index (χ1) is 8.00. The van der Waals surface area contributed by atoms with E-state index in [9.17, 15) is 9.59 Å². The van der Waals surface area contributed by atoms with Gasteiger partial charge in [-0.3, -0.25) is 4.79 Å². The monoisotopic (exact) mass is 244 g/mol. The molecule has 6 nitrogen and oxygen atoms in total. The minimum atomic E-state index is -0.833. The number of hydrogen-bond donors (Lipinski definition) is 3. The van der Waals surface area contributed by atoms with Crippen LogP contribution < -0.4 is 10.6 Å². The predicted molar refractivity (Wildman–Crippen MR) is 61.8 cm³/mol. The summed E-state index contributed by atoms with van der Waals surface area (Å²) in [6.45, 7) is 4.97. The molecule has 0 heterocycles. The molecule has 2 amide bonds. The average molecular weight is 244 g/mol. The van der Waals surface area contributed by atoms with Gasteiger partial charge in [0, 0.05) is 19.7 Å². The SMILES string of the molecule is CCOC(C)CNC(=O)NCC1(C(=O)O)CC1. The quantitative estimate of drug-likeness (QED) is 0.611. The molecular weight excluding hydrogens is 224 g/mol. The smallest absolute Gasteiger partial charge is 0.314 e. The molecule has 0 aromatic rings. The molecule has 98 valence electrons. The zero-order chi connectivity index (χ0) is 12.9. The molecule has 0 aromatic heterocycles. The highest BCUT2D eigenvalue weighted by atomic mass is 16.5. The Bertz CT molecular complexity index is 289. The van der Waals surface area contributed by atoms with Gasteiger partial charge in [-0.05, 0) is 26.7 Å². The Morgan fingerprint density at radius 3 is 2.53 bits per heavy atom. The first-order valence-corrected chi connectivity index (χ1v) is 5.87. The molecule has 1 fully saturated rings. The van der Waals surface area contributed by atoms with Crippen LogP contribution in [0.1, 0.15) is 26.7 Å². The van der Waals surface area contributed by atoms with Crippen molar-refractivity contribution < 1.29 is 19.4 Å². The lowest BCUT2D eigenvalue weighted by molar-refractivity contribution is -0.143. The largest absolute Gasteiger partial charge is 0.481 e. The average Bonchev–Trinajstić information content (AvgIpc) is 3.05. The summed E-state index contributed by atoms with van der Waals surface area (Å²) in [7, 11) is 0. The standard InChI is InChI=1S/C11H20N2O4/c1-3-17-8(2)6-12-10(16)13-7-11(4-5-11)9(14)15/h8H,3-7H2,1-2H3,(H,14,15)(H2,12,13,16). The third kappa shape index (κ3) is 4.22. The van der Waals surface area contributed by atoms with Gasteiger partial charge in [0.25, 0.3) is 0 Å². The molecule has 3 N–H and O–H groups in total. The van der Waals surface area contributed by atoms with Crippen molar-refractivity contribution in [3.05, 3.63) is 0 Å². The first kappa shape index (κ1) is 13.8. The summed E-state index contributed by atoms with van der Waals surface area (Å²) < 4.78 is 5.25. The summed E-state index contributed by atoms with van der Waals surface area (Å²) in [5.41, 5.74) is -0.719. The van der Waals surface area contributed by atoms with Gasteiger partial charge in [-0.25, -0.2) is 4.79 Å². The Hall–Kier alpha value is -1.30. The molecule has 0 aliphatic heterocycles. The number of amides is 2. The van der Waals surface area contributed by atoms with E-state index in [1.165, 1.54) is 0 Å². The number of carbonyl (C=O) groups is 2. The van der Waals surface area contributed by atoms with Crippen LogP contribution in [0.3, 0.4) is 0 Å². The van der Waals surface area contributed by atoms with Crippen LogP contribution in [0.15, 0.2) is 0 Å². The van der Waals surface area contributed by atoms with Crippen molar-refractivity contribution in [1.29, 1.82) is 0 Å². The summed E-state index contributed by atoms with van der Waals surface area (Å²) in [5.74, 6) is -0.833. The van der Waals surface area contributed by atoms with Gasteiger partial charge in [-0.15, -0.1) is 0 Å². The molecule has 1 saturated carbocycles. The number of carbonyl (C=O) groups excluding carboxylic acids is 1. The minimum Gasteiger partial charge on any atom is -0.481 e. The zero-order valence-electron chi connectivity index (χ0n) is 10.3. The highest BCUT2D eigenvalue weighted by Crippen LogP contribution is 2.45. The predicted octanol–water partition coefficient (Wildman–Crippen LogP) is 0.575. The molecule has 0 spiro atoms. The fraction of sp³-hybridized carbons (Fsp3) is 0.818. The highest BCUT2D eigenvalue weighted by Gasteiger charge is 2.50. The summed E-state index contributed by atoms with van der Waals surface area (Å²) in [6, 6.07) is -0.343. The Labute approximate surface area is 101 Å². The van der Waals surface area contributed by atoms with Crippen LogP contribution in [0.25, 0.3) is 0 Å². The van der Waals surface area contributed by atoms with E-state index in [0.717, 1.165) is 0 Å². The van der Waals surface area contributed by atoms with Gasteiger partial charge < -0.3 is 20.5 Å². The van der Waals surface area contributed by atoms with Crippen LogP contribution in [0.2, 0.25) is 0 Å². The second kappa shape index (κ2) is 5.86. The third-order valence-electron chi connectivity index (χ3n) is 2.90. The molecule has 6 heteroatoms. The number of rotatable bonds is 7. The van der Waals surface area contributed by atoms with E-state index < -0.39 is 11.4 Å². The molecule has 0 aromatic carbocycles. The second-order valence-electron chi connectivity index (χ2n) is 4.42. The first-order valence-electron chi connectivity index (χ1n) is 5.87. The highest BCUT2D eigenvalue weighted by molar-refractivity contribution is 5.80.